The van der Waals surface area contributed by atoms with E-state index in [1.165, 1.54) is 10.8 Å². The molecule has 2 fully saturated rings. The third-order valence-corrected chi connectivity index (χ3v) is 7.32. The molecule has 1 saturated heterocycles. The lowest BCUT2D eigenvalue weighted by molar-refractivity contribution is -0.396. The van der Waals surface area contributed by atoms with Gasteiger partial charge in [-0.3, -0.25) is 10.1 Å². The molecule has 2 aliphatic rings. The van der Waals surface area contributed by atoms with E-state index in [9.17, 15) is 10.1 Å². The van der Waals surface area contributed by atoms with Crippen molar-refractivity contribution in [1.29, 1.82) is 0 Å². The fourth-order valence-electron chi connectivity index (χ4n) is 5.10. The van der Waals surface area contributed by atoms with Gasteiger partial charge >= 0.3 is 5.95 Å². The van der Waals surface area contributed by atoms with Crippen LogP contribution < -0.4 is 14.4 Å². The Kier molecular flexibility index (Phi) is 6.92. The first-order valence-corrected chi connectivity index (χ1v) is 13.0. The van der Waals surface area contributed by atoms with Crippen LogP contribution in [0.5, 0.6) is 11.6 Å². The summed E-state index contributed by atoms with van der Waals surface area (Å²) in [5, 5.41) is 18.8. The molecule has 0 spiro atoms. The highest BCUT2D eigenvalue weighted by molar-refractivity contribution is 5.87. The standard InChI is InChI=1S/C25H29N9O5/c1-32-17(12-27-25(32)34(35)36)14-38-19-10-20-21(26-13-19)11-22(33-6-8-37-9-7-33)30-24(20)39-18-4-2-16(3-5-18)23-28-15-29-31-23/h10-13,15-16,18H,2-9,14H2,1H3,(H,28,29,31). The summed E-state index contributed by atoms with van der Waals surface area (Å²) >= 11 is 0. The number of nitrogens with one attached hydrogen (secondary N) is 1. The van der Waals surface area contributed by atoms with Crippen LogP contribution in [-0.4, -0.2) is 72.0 Å². The highest BCUT2D eigenvalue weighted by Gasteiger charge is 2.27. The minimum absolute atomic E-state index is 0.0133. The maximum atomic E-state index is 11.1. The Hall–Kier alpha value is -4.33. The average molecular weight is 536 g/mol. The molecule has 1 saturated carbocycles. The monoisotopic (exact) mass is 535 g/mol. The zero-order valence-corrected chi connectivity index (χ0v) is 21.5. The maximum absolute atomic E-state index is 11.1. The number of pyridine rings is 2. The molecular formula is C25H29N9O5. The molecule has 1 aliphatic heterocycles. The fraction of sp³-hybridized carbons (Fsp3) is 0.480. The maximum Gasteiger partial charge on any atom is 0.434 e. The first-order valence-electron chi connectivity index (χ1n) is 13.0. The number of aromatic amines is 1. The van der Waals surface area contributed by atoms with Gasteiger partial charge in [0, 0.05) is 25.1 Å². The Morgan fingerprint density at radius 2 is 1.95 bits per heavy atom. The smallest absolute Gasteiger partial charge is 0.434 e. The lowest BCUT2D eigenvalue weighted by atomic mass is 9.87. The van der Waals surface area contributed by atoms with Gasteiger partial charge < -0.3 is 29.2 Å². The van der Waals surface area contributed by atoms with Crippen LogP contribution in [0.4, 0.5) is 11.8 Å². The van der Waals surface area contributed by atoms with Crippen molar-refractivity contribution in [3.05, 3.63) is 52.5 Å². The van der Waals surface area contributed by atoms with Crippen LogP contribution in [0.15, 0.2) is 30.9 Å². The predicted molar refractivity (Wildman–Crippen MR) is 139 cm³/mol. The minimum atomic E-state index is -0.526. The number of H-pyrrole nitrogens is 1. The highest BCUT2D eigenvalue weighted by Crippen LogP contribution is 2.36. The Morgan fingerprint density at radius 1 is 1.13 bits per heavy atom. The summed E-state index contributed by atoms with van der Waals surface area (Å²) in [5.74, 6) is 2.87. The second-order valence-corrected chi connectivity index (χ2v) is 9.74. The lowest BCUT2D eigenvalue weighted by Crippen LogP contribution is -2.36. The number of anilines is 1. The Balaban J connectivity index is 1.24. The molecule has 0 bridgehead atoms. The number of nitro groups is 1. The number of rotatable bonds is 8. The molecule has 1 N–H and O–H groups in total. The molecule has 0 atom stereocenters. The van der Waals surface area contributed by atoms with Gasteiger partial charge in [0.2, 0.25) is 5.88 Å². The van der Waals surface area contributed by atoms with Crippen LogP contribution in [-0.2, 0) is 18.4 Å². The average Bonchev–Trinajstić information content (AvgIpc) is 3.63. The van der Waals surface area contributed by atoms with Crippen molar-refractivity contribution >= 4 is 22.7 Å². The number of aromatic nitrogens is 7. The third-order valence-electron chi connectivity index (χ3n) is 7.32. The fourth-order valence-corrected chi connectivity index (χ4v) is 5.10. The molecule has 0 unspecified atom stereocenters. The number of fused-ring (bicyclic) bond motifs is 1. The lowest BCUT2D eigenvalue weighted by Gasteiger charge is -2.30. The van der Waals surface area contributed by atoms with Gasteiger partial charge in [-0.05, 0) is 36.7 Å². The van der Waals surface area contributed by atoms with Gasteiger partial charge in [-0.2, -0.15) is 10.1 Å². The van der Waals surface area contributed by atoms with Crippen LogP contribution in [0.2, 0.25) is 0 Å². The number of morpholine rings is 1. The molecule has 0 amide bonds. The molecule has 39 heavy (non-hydrogen) atoms. The van der Waals surface area contributed by atoms with Crippen molar-refractivity contribution < 1.29 is 19.1 Å². The van der Waals surface area contributed by atoms with E-state index < -0.39 is 4.92 Å². The minimum Gasteiger partial charge on any atom is -0.484 e. The van der Waals surface area contributed by atoms with E-state index in [2.05, 4.69) is 30.0 Å². The summed E-state index contributed by atoms with van der Waals surface area (Å²) in [6.07, 6.45) is 8.29. The molecule has 4 aromatic rings. The van der Waals surface area contributed by atoms with Gasteiger partial charge in [0.05, 0.1) is 37.4 Å². The van der Waals surface area contributed by atoms with Crippen molar-refractivity contribution in [3.8, 4) is 11.6 Å². The number of hydrogen-bond acceptors (Lipinski definition) is 11. The van der Waals surface area contributed by atoms with Crippen LogP contribution in [0.25, 0.3) is 10.9 Å². The second-order valence-electron chi connectivity index (χ2n) is 9.74. The number of imidazole rings is 1. The molecular weight excluding hydrogens is 506 g/mol. The summed E-state index contributed by atoms with van der Waals surface area (Å²) in [6.45, 7) is 2.89. The first-order chi connectivity index (χ1) is 19.0. The van der Waals surface area contributed by atoms with Crippen molar-refractivity contribution in [2.75, 3.05) is 31.2 Å². The van der Waals surface area contributed by atoms with Crippen LogP contribution in [0.3, 0.4) is 0 Å². The second kappa shape index (κ2) is 10.8. The molecule has 6 rings (SSSR count). The molecule has 14 nitrogen and oxygen atoms in total. The van der Waals surface area contributed by atoms with Crippen molar-refractivity contribution in [2.45, 2.75) is 44.3 Å². The van der Waals surface area contributed by atoms with E-state index in [1.54, 1.807) is 19.6 Å². The van der Waals surface area contributed by atoms with Gasteiger partial charge in [-0.1, -0.05) is 4.98 Å². The van der Waals surface area contributed by atoms with E-state index in [-0.39, 0.29) is 18.7 Å². The van der Waals surface area contributed by atoms with Gasteiger partial charge in [-0.25, -0.2) is 9.55 Å². The molecule has 204 valence electrons. The van der Waals surface area contributed by atoms with Crippen molar-refractivity contribution in [3.63, 3.8) is 0 Å². The molecule has 0 aromatic carbocycles. The summed E-state index contributed by atoms with van der Waals surface area (Å²) in [5.41, 5.74) is 1.32. The molecule has 4 aromatic heterocycles. The molecule has 5 heterocycles. The van der Waals surface area contributed by atoms with Crippen LogP contribution in [0.1, 0.15) is 43.1 Å². The molecule has 0 radical (unpaired) electrons. The summed E-state index contributed by atoms with van der Waals surface area (Å²) in [4.78, 5) is 30.5. The normalized spacial score (nSPS) is 19.8. The predicted octanol–water partition coefficient (Wildman–Crippen LogP) is 2.91. The van der Waals surface area contributed by atoms with E-state index in [0.717, 1.165) is 61.3 Å². The Labute approximate surface area is 223 Å². The van der Waals surface area contributed by atoms with Crippen molar-refractivity contribution in [2.24, 2.45) is 7.05 Å². The van der Waals surface area contributed by atoms with Gasteiger partial charge in [-0.15, -0.1) is 0 Å². The zero-order chi connectivity index (χ0) is 26.8. The topological polar surface area (TPSA) is 159 Å². The van der Waals surface area contributed by atoms with E-state index in [4.69, 9.17) is 19.2 Å². The SMILES string of the molecule is Cn1c(COc2cnc3cc(N4CCOCC4)nc(OC4CCC(c5ncn[nH]5)CC4)c3c2)cnc1[N+](=O)[O-]. The first kappa shape index (κ1) is 25.0. The van der Waals surface area contributed by atoms with Gasteiger partial charge in [0.15, 0.2) is 5.69 Å². The molecule has 14 heteroatoms. The number of ether oxygens (including phenoxy) is 3. The number of hydrogen-bond donors (Lipinski definition) is 1. The van der Waals surface area contributed by atoms with E-state index in [0.29, 0.717) is 36.5 Å². The van der Waals surface area contributed by atoms with Gasteiger partial charge in [0.1, 0.15) is 42.6 Å². The number of nitrogens with zero attached hydrogens (tertiary/aromatic N) is 8. The van der Waals surface area contributed by atoms with Crippen LogP contribution in [0, 0.1) is 10.1 Å². The van der Waals surface area contributed by atoms with Crippen molar-refractivity contribution in [1.82, 2.24) is 34.7 Å². The zero-order valence-electron chi connectivity index (χ0n) is 21.5. The quantitative estimate of drug-likeness (QED) is 0.261. The van der Waals surface area contributed by atoms with Gasteiger partial charge in [0.25, 0.3) is 0 Å². The Morgan fingerprint density at radius 3 is 2.67 bits per heavy atom. The van der Waals surface area contributed by atoms with E-state index in [1.807, 2.05) is 12.1 Å². The third kappa shape index (κ3) is 5.32. The summed E-state index contributed by atoms with van der Waals surface area (Å²) in [7, 11) is 1.59. The van der Waals surface area contributed by atoms with Crippen LogP contribution >= 0.6 is 0 Å². The summed E-state index contributed by atoms with van der Waals surface area (Å²) in [6, 6.07) is 3.82. The Bertz CT molecular complexity index is 1440. The molecule has 1 aliphatic carbocycles. The highest BCUT2D eigenvalue weighted by atomic mass is 16.6. The summed E-state index contributed by atoms with van der Waals surface area (Å²) < 4.78 is 19.4. The largest absolute Gasteiger partial charge is 0.484 e. The van der Waals surface area contributed by atoms with E-state index >= 15 is 0 Å².